The Hall–Kier alpha value is -3.09. The first-order valence-electron chi connectivity index (χ1n) is 20.8. The summed E-state index contributed by atoms with van der Waals surface area (Å²) in [6, 6.07) is -0.796. The third-order valence-corrected chi connectivity index (χ3v) is 11.0. The number of esters is 3. The van der Waals surface area contributed by atoms with Crippen LogP contribution in [0.5, 0.6) is 0 Å². The van der Waals surface area contributed by atoms with Crippen LogP contribution in [-0.4, -0.2) is 145 Å². The second-order valence-corrected chi connectivity index (χ2v) is 17.0. The van der Waals surface area contributed by atoms with E-state index >= 15 is 0 Å². The molecule has 3 heterocycles. The second-order valence-electron chi connectivity index (χ2n) is 17.0. The Morgan fingerprint density at radius 3 is 2.29 bits per heavy atom. The molecule has 0 aromatic carbocycles. The summed E-state index contributed by atoms with van der Waals surface area (Å²) >= 11 is 0. The molecule has 0 aromatic heterocycles. The fraction of sp³-hybridized carbons (Fsp3) is 0.791. The molecule has 3 aliphatic heterocycles. The van der Waals surface area contributed by atoms with Gasteiger partial charge in [-0.25, -0.2) is 0 Å². The summed E-state index contributed by atoms with van der Waals surface area (Å²) in [6.07, 6.45) is -4.00. The molecule has 2 fully saturated rings. The van der Waals surface area contributed by atoms with Gasteiger partial charge in [-0.2, -0.15) is 0 Å². The van der Waals surface area contributed by atoms with Crippen LogP contribution in [0.3, 0.4) is 0 Å². The van der Waals surface area contributed by atoms with Crippen molar-refractivity contribution in [1.82, 2.24) is 4.90 Å². The van der Waals surface area contributed by atoms with Crippen LogP contribution < -0.4 is 0 Å². The largest absolute Gasteiger partial charge is 0.462 e. The van der Waals surface area contributed by atoms with Crippen LogP contribution in [0.2, 0.25) is 0 Å². The van der Waals surface area contributed by atoms with E-state index in [2.05, 4.69) is 0 Å². The van der Waals surface area contributed by atoms with E-state index in [1.54, 1.807) is 78.8 Å². The molecule has 0 radical (unpaired) electrons. The van der Waals surface area contributed by atoms with E-state index in [1.165, 1.54) is 13.2 Å². The van der Waals surface area contributed by atoms with Gasteiger partial charge in [0.05, 0.1) is 30.8 Å². The van der Waals surface area contributed by atoms with Gasteiger partial charge >= 0.3 is 17.9 Å². The number of ether oxygens (including phenoxy) is 8. The number of carbonyl (C=O) groups excluding carboxylic acids is 5. The smallest absolute Gasteiger partial charge is 0.309 e. The fourth-order valence-electron chi connectivity index (χ4n) is 8.02. The number of ketones is 1. The van der Waals surface area contributed by atoms with Gasteiger partial charge in [0.15, 0.2) is 24.5 Å². The number of allylic oxidation sites excluding steroid dienone is 3. The lowest BCUT2D eigenvalue weighted by atomic mass is 9.83. The van der Waals surface area contributed by atoms with Gasteiger partial charge in [-0.15, -0.1) is 0 Å². The van der Waals surface area contributed by atoms with Crippen molar-refractivity contribution < 1.29 is 72.1 Å². The molecule has 0 amide bonds. The summed E-state index contributed by atoms with van der Waals surface area (Å²) in [5.41, 5.74) is -1.51. The molecule has 2 N–H and O–H groups in total. The average molecular weight is 840 g/mol. The van der Waals surface area contributed by atoms with Gasteiger partial charge < -0.3 is 57.8 Å². The van der Waals surface area contributed by atoms with Crippen molar-refractivity contribution in [2.75, 3.05) is 21.2 Å². The molecule has 0 aliphatic carbocycles. The van der Waals surface area contributed by atoms with Crippen molar-refractivity contribution in [3.63, 3.8) is 0 Å². The molecule has 3 rings (SSSR count). The number of cyclic esters (lactones) is 1. The monoisotopic (exact) mass is 839 g/mol. The molecule has 3 aliphatic rings. The number of methoxy groups -OCH3 is 1. The standard InChI is InChI=1S/C43H69NO15/c1-12-32(47)56-31-22-34(49)53-26(5)16-14-13-15-17-30(46)25(4)21-29(18-19-45)39(40(31)52-11)59-42-37(50)36(44(9)10)38(27(6)55-42)58-35-23-43(8,51)41(28(7)54-35)57-33(48)20-24(2)3/h13-15,17,19,24-29,31,35-42,50-51H,12,16,18,20-23H2,1-11H3/b14-13+,17-15+/t25-,26+,27-,28+,29+,31-,35-,36-,37-,38-,39-,40+,41+,42+,43+/m0/s1. The van der Waals surface area contributed by atoms with Crippen LogP contribution >= 0.6 is 0 Å². The van der Waals surface area contributed by atoms with E-state index < -0.39 is 115 Å². The van der Waals surface area contributed by atoms with Crippen LogP contribution in [0, 0.1) is 17.8 Å². The number of aliphatic hydroxyl groups excluding tert-OH is 1. The fourth-order valence-corrected chi connectivity index (χ4v) is 8.02. The van der Waals surface area contributed by atoms with Crippen LogP contribution in [0.1, 0.15) is 100 Å². The molecule has 0 unspecified atom stereocenters. The van der Waals surface area contributed by atoms with E-state index in [9.17, 15) is 34.2 Å². The molecule has 0 aromatic rings. The Balaban J connectivity index is 2.00. The Kier molecular flexibility index (Phi) is 19.8. The number of hydrogen-bond acceptors (Lipinski definition) is 16. The predicted molar refractivity (Wildman–Crippen MR) is 213 cm³/mol. The predicted octanol–water partition coefficient (Wildman–Crippen LogP) is 3.61. The number of aldehydes is 1. The zero-order valence-corrected chi connectivity index (χ0v) is 36.6. The quantitative estimate of drug-likeness (QED) is 0.155. The third-order valence-electron chi connectivity index (χ3n) is 11.0. The SMILES string of the molecule is CCC(=O)O[C@H]1CC(=O)O[C@H](C)C/C=C/C=C/C(=O)[C@@H](C)C[C@@H](CC=O)[C@H](O[C@H]2O[C@@H](C)[C@H](O[C@H]3C[C@@](C)(O)[C@H](OC(=O)CC(C)C)[C@@H](C)O3)[C@@H](N(C)C)[C@@H]2O)[C@@H]1OC. The van der Waals surface area contributed by atoms with Gasteiger partial charge in [0.25, 0.3) is 0 Å². The summed E-state index contributed by atoms with van der Waals surface area (Å²) in [5, 5.41) is 23.6. The zero-order chi connectivity index (χ0) is 44.2. The van der Waals surface area contributed by atoms with Crippen LogP contribution in [0.4, 0.5) is 0 Å². The summed E-state index contributed by atoms with van der Waals surface area (Å²) in [6.45, 7) is 13.8. The molecular formula is C43H69NO15. The second kappa shape index (κ2) is 23.2. The molecule has 0 bridgehead atoms. The van der Waals surface area contributed by atoms with Crippen LogP contribution in [0.15, 0.2) is 24.3 Å². The molecule has 0 spiro atoms. The molecule has 2 saturated heterocycles. The number of carbonyl (C=O) groups is 5. The first-order chi connectivity index (χ1) is 27.7. The van der Waals surface area contributed by atoms with E-state index in [-0.39, 0.29) is 43.8 Å². The molecule has 16 heteroatoms. The number of likely N-dealkylation sites (N-methyl/N-ethyl adjacent to an activating group) is 1. The van der Waals surface area contributed by atoms with Gasteiger partial charge in [-0.05, 0) is 66.1 Å². The maximum atomic E-state index is 13.3. The summed E-state index contributed by atoms with van der Waals surface area (Å²) in [4.78, 5) is 66.0. The molecule has 16 nitrogen and oxygen atoms in total. The maximum absolute atomic E-state index is 13.3. The third kappa shape index (κ3) is 14.5. The first-order valence-corrected chi connectivity index (χ1v) is 20.8. The van der Waals surface area contributed by atoms with Gasteiger partial charge in [-0.3, -0.25) is 19.2 Å². The Bertz CT molecular complexity index is 1450. The molecule has 15 atom stereocenters. The maximum Gasteiger partial charge on any atom is 0.309 e. The molecule has 336 valence electrons. The first kappa shape index (κ1) is 50.3. The molecule has 59 heavy (non-hydrogen) atoms. The van der Waals surface area contributed by atoms with Gasteiger partial charge in [0.2, 0.25) is 0 Å². The van der Waals surface area contributed by atoms with Crippen LogP contribution in [0.25, 0.3) is 0 Å². The highest BCUT2D eigenvalue weighted by Crippen LogP contribution is 2.37. The number of rotatable bonds is 13. The van der Waals surface area contributed by atoms with Crippen molar-refractivity contribution in [3.05, 3.63) is 24.3 Å². The summed E-state index contributed by atoms with van der Waals surface area (Å²) in [7, 11) is 4.84. The number of aliphatic hydroxyl groups is 2. The highest BCUT2D eigenvalue weighted by atomic mass is 16.7. The minimum absolute atomic E-state index is 0.0128. The Morgan fingerprint density at radius 1 is 1.00 bits per heavy atom. The lowest BCUT2D eigenvalue weighted by molar-refractivity contribution is -0.344. The minimum Gasteiger partial charge on any atom is -0.462 e. The lowest BCUT2D eigenvalue weighted by Gasteiger charge is -2.50. The van der Waals surface area contributed by atoms with E-state index in [4.69, 9.17) is 37.9 Å². The zero-order valence-electron chi connectivity index (χ0n) is 36.6. The van der Waals surface area contributed by atoms with Crippen LogP contribution in [-0.2, 0) is 61.9 Å². The minimum atomic E-state index is -1.51. The highest BCUT2D eigenvalue weighted by molar-refractivity contribution is 5.91. The normalized spacial score (nSPS) is 39.0. The van der Waals surface area contributed by atoms with Crippen molar-refractivity contribution in [2.45, 2.75) is 179 Å². The van der Waals surface area contributed by atoms with E-state index in [0.29, 0.717) is 12.7 Å². The number of nitrogens with zero attached hydrogens (tertiary/aromatic N) is 1. The van der Waals surface area contributed by atoms with E-state index in [0.717, 1.165) is 0 Å². The summed E-state index contributed by atoms with van der Waals surface area (Å²) < 4.78 is 48.7. The average Bonchev–Trinajstić information content (AvgIpc) is 3.13. The van der Waals surface area contributed by atoms with Crippen molar-refractivity contribution in [1.29, 1.82) is 0 Å². The highest BCUT2D eigenvalue weighted by Gasteiger charge is 2.53. The number of hydrogen-bond donors (Lipinski definition) is 2. The Labute approximate surface area is 349 Å². The van der Waals surface area contributed by atoms with Crippen molar-refractivity contribution in [2.24, 2.45) is 17.8 Å². The lowest BCUT2D eigenvalue weighted by Crippen LogP contribution is -2.66. The van der Waals surface area contributed by atoms with Crippen molar-refractivity contribution >= 4 is 30.0 Å². The topological polar surface area (TPSA) is 203 Å². The van der Waals surface area contributed by atoms with Gasteiger partial charge in [0, 0.05) is 45.1 Å². The van der Waals surface area contributed by atoms with E-state index in [1.807, 2.05) is 13.8 Å². The van der Waals surface area contributed by atoms with Crippen molar-refractivity contribution in [3.8, 4) is 0 Å². The van der Waals surface area contributed by atoms with Gasteiger partial charge in [0.1, 0.15) is 42.4 Å². The molecular weight excluding hydrogens is 770 g/mol. The molecule has 0 saturated carbocycles. The Morgan fingerprint density at radius 2 is 1.69 bits per heavy atom. The summed E-state index contributed by atoms with van der Waals surface area (Å²) in [5.74, 6) is -3.22. The van der Waals surface area contributed by atoms with Gasteiger partial charge in [-0.1, -0.05) is 45.9 Å².